The summed E-state index contributed by atoms with van der Waals surface area (Å²) in [6, 6.07) is 0.759. The largest absolute Gasteiger partial charge is 0.300 e. The van der Waals surface area contributed by atoms with Gasteiger partial charge in [0.05, 0.1) is 0 Å². The summed E-state index contributed by atoms with van der Waals surface area (Å²) in [7, 11) is 0. The van der Waals surface area contributed by atoms with Crippen molar-refractivity contribution in [3.63, 3.8) is 0 Å². The molecule has 2 atom stereocenters. The summed E-state index contributed by atoms with van der Waals surface area (Å²) in [5.41, 5.74) is 1.62. The van der Waals surface area contributed by atoms with Crippen molar-refractivity contribution in [3.8, 4) is 0 Å². The highest BCUT2D eigenvalue weighted by atomic mass is 15.2. The van der Waals surface area contributed by atoms with Crippen LogP contribution in [0.15, 0.2) is 0 Å². The Balaban J connectivity index is 0.000000196. The lowest BCUT2D eigenvalue weighted by molar-refractivity contribution is -0.252. The van der Waals surface area contributed by atoms with Gasteiger partial charge in [0.1, 0.15) is 0 Å². The fraction of sp³-hybridized carbons (Fsp3) is 1.00. The molecule has 6 rings (SSSR count). The Morgan fingerprint density at radius 3 is 0.905 bits per heavy atom. The number of likely N-dealkylation sites (tertiary alicyclic amines) is 1. The molecule has 0 N–H and O–H groups in total. The first-order valence-electron chi connectivity index (χ1n) is 19.1. The molecule has 1 nitrogen and oxygen atoms in total. The standard InChI is InChI=1S/C11H20.C11H22.C10H20.C9H19N/c1-8(2)10-5-11(6-10,7-10)9(3)4;1-8(2)10-5-6-11(7-10)9(3)4;2*1-7(2)9-5-10(6-9)8(3)4/h8-9H,5-7H2,1-4H3;8-11H,5-7H2,1-4H3;7-10H,5-6H2,1-4H3;7-9H,5-6H2,1-4H3. The molecule has 6 aliphatic rings. The van der Waals surface area contributed by atoms with Crippen molar-refractivity contribution in [2.24, 2.45) is 81.8 Å². The molecule has 0 radical (unpaired) electrons. The molecule has 0 amide bonds. The zero-order valence-electron chi connectivity index (χ0n) is 32.0. The van der Waals surface area contributed by atoms with Crippen LogP contribution in [-0.2, 0) is 0 Å². The smallest absolute Gasteiger partial charge is 0.00388 e. The zero-order valence-corrected chi connectivity index (χ0v) is 32.0. The van der Waals surface area contributed by atoms with Gasteiger partial charge in [-0.3, -0.25) is 0 Å². The molecule has 0 spiro atoms. The number of hydrogen-bond donors (Lipinski definition) is 0. The van der Waals surface area contributed by atoms with Crippen LogP contribution in [0.4, 0.5) is 0 Å². The highest BCUT2D eigenvalue weighted by molar-refractivity contribution is 5.18. The molecule has 0 aromatic heterocycles. The van der Waals surface area contributed by atoms with E-state index in [1.165, 1.54) is 64.5 Å². The van der Waals surface area contributed by atoms with Gasteiger partial charge in [-0.15, -0.1) is 0 Å². The van der Waals surface area contributed by atoms with E-state index in [9.17, 15) is 0 Å². The third kappa shape index (κ3) is 9.73. The number of hydrogen-bond acceptors (Lipinski definition) is 1. The van der Waals surface area contributed by atoms with Crippen LogP contribution in [0.25, 0.3) is 0 Å². The summed E-state index contributed by atoms with van der Waals surface area (Å²) < 4.78 is 0. The van der Waals surface area contributed by atoms with Crippen LogP contribution in [-0.4, -0.2) is 24.0 Å². The maximum absolute atomic E-state index is 2.53. The highest BCUT2D eigenvalue weighted by Gasteiger charge is 2.69. The van der Waals surface area contributed by atoms with Crippen molar-refractivity contribution in [2.75, 3.05) is 13.1 Å². The predicted molar refractivity (Wildman–Crippen MR) is 190 cm³/mol. The summed E-state index contributed by atoms with van der Waals surface area (Å²) in [6.45, 7) is 40.3. The molecule has 0 aromatic rings. The van der Waals surface area contributed by atoms with Crippen LogP contribution in [0, 0.1) is 81.8 Å². The highest BCUT2D eigenvalue weighted by Crippen LogP contribution is 2.78. The van der Waals surface area contributed by atoms with Crippen LogP contribution in [0.1, 0.15) is 162 Å². The van der Waals surface area contributed by atoms with Crippen LogP contribution < -0.4 is 0 Å². The monoisotopic (exact) mass is 588 g/mol. The molecule has 6 fully saturated rings. The van der Waals surface area contributed by atoms with Gasteiger partial charge < -0.3 is 4.90 Å². The van der Waals surface area contributed by atoms with Gasteiger partial charge in [-0.2, -0.15) is 0 Å². The summed E-state index contributed by atoms with van der Waals surface area (Å²) in [4.78, 5) is 2.53. The van der Waals surface area contributed by atoms with Gasteiger partial charge in [-0.25, -0.2) is 0 Å². The Morgan fingerprint density at radius 2 is 0.690 bits per heavy atom. The van der Waals surface area contributed by atoms with E-state index >= 15 is 0 Å². The van der Waals surface area contributed by atoms with Crippen molar-refractivity contribution in [1.29, 1.82) is 0 Å². The fourth-order valence-corrected chi connectivity index (χ4v) is 8.63. The Kier molecular flexibility index (Phi) is 14.5. The number of nitrogens with zero attached hydrogens (tertiary/aromatic N) is 1. The lowest BCUT2D eigenvalue weighted by atomic mass is 9.30. The van der Waals surface area contributed by atoms with E-state index in [-0.39, 0.29) is 0 Å². The Morgan fingerprint density at radius 1 is 0.405 bits per heavy atom. The summed E-state index contributed by atoms with van der Waals surface area (Å²) in [5.74, 6) is 11.6. The second-order valence-corrected chi connectivity index (χ2v) is 18.9. The van der Waals surface area contributed by atoms with E-state index in [2.05, 4.69) is 116 Å². The molecule has 0 aromatic carbocycles. The minimum Gasteiger partial charge on any atom is -0.300 e. The Labute approximate surface area is 267 Å². The minimum atomic E-state index is 0.759. The molecule has 5 aliphatic carbocycles. The van der Waals surface area contributed by atoms with Gasteiger partial charge >= 0.3 is 0 Å². The average molecular weight is 588 g/mol. The van der Waals surface area contributed by atoms with Crippen molar-refractivity contribution in [1.82, 2.24) is 4.90 Å². The molecule has 250 valence electrons. The van der Waals surface area contributed by atoms with E-state index in [0.29, 0.717) is 0 Å². The van der Waals surface area contributed by atoms with Crippen molar-refractivity contribution in [3.05, 3.63) is 0 Å². The van der Waals surface area contributed by atoms with Gasteiger partial charge in [-0.1, -0.05) is 96.9 Å². The molecular weight excluding hydrogens is 506 g/mol. The van der Waals surface area contributed by atoms with Gasteiger partial charge in [0.15, 0.2) is 0 Å². The van der Waals surface area contributed by atoms with Crippen molar-refractivity contribution in [2.45, 2.75) is 168 Å². The maximum atomic E-state index is 2.53. The molecule has 2 bridgehead atoms. The molecule has 1 heterocycles. The van der Waals surface area contributed by atoms with Crippen LogP contribution in [0.2, 0.25) is 0 Å². The van der Waals surface area contributed by atoms with E-state index in [0.717, 1.165) is 87.9 Å². The van der Waals surface area contributed by atoms with Gasteiger partial charge in [0.2, 0.25) is 0 Å². The molecule has 1 saturated heterocycles. The normalized spacial score (nSPS) is 34.0. The predicted octanol–water partition coefficient (Wildman–Crippen LogP) is 12.5. The first kappa shape index (κ1) is 38.1. The van der Waals surface area contributed by atoms with Crippen molar-refractivity contribution < 1.29 is 0 Å². The second-order valence-electron chi connectivity index (χ2n) is 18.9. The van der Waals surface area contributed by atoms with E-state index in [1.54, 1.807) is 0 Å². The summed E-state index contributed by atoms with van der Waals surface area (Å²) >= 11 is 0. The summed E-state index contributed by atoms with van der Waals surface area (Å²) in [5, 5.41) is 0. The molecule has 1 heteroatoms. The van der Waals surface area contributed by atoms with Crippen LogP contribution in [0.3, 0.4) is 0 Å². The zero-order chi connectivity index (χ0) is 32.2. The van der Waals surface area contributed by atoms with E-state index in [1.807, 2.05) is 0 Å². The minimum absolute atomic E-state index is 0.759. The first-order chi connectivity index (χ1) is 19.3. The molecular formula is C41H81N. The van der Waals surface area contributed by atoms with Gasteiger partial charge in [0, 0.05) is 19.1 Å². The van der Waals surface area contributed by atoms with Crippen LogP contribution in [0.5, 0.6) is 0 Å². The first-order valence-corrected chi connectivity index (χ1v) is 19.1. The lowest BCUT2D eigenvalue weighted by Crippen LogP contribution is -2.66. The third-order valence-electron chi connectivity index (χ3n) is 13.7. The summed E-state index contributed by atoms with van der Waals surface area (Å²) in [6.07, 6.45) is 12.1. The van der Waals surface area contributed by atoms with Crippen molar-refractivity contribution >= 4 is 0 Å². The van der Waals surface area contributed by atoms with Gasteiger partial charge in [0.25, 0.3) is 0 Å². The van der Waals surface area contributed by atoms with E-state index < -0.39 is 0 Å². The maximum Gasteiger partial charge on any atom is 0.00388 e. The van der Waals surface area contributed by atoms with Gasteiger partial charge in [-0.05, 0) is 147 Å². The molecule has 1 aliphatic heterocycles. The third-order valence-corrected chi connectivity index (χ3v) is 13.7. The Bertz CT molecular complexity index is 639. The topological polar surface area (TPSA) is 3.24 Å². The number of rotatable bonds is 8. The quantitative estimate of drug-likeness (QED) is 0.273. The molecule has 5 saturated carbocycles. The Hall–Kier alpha value is -0.0400. The molecule has 42 heavy (non-hydrogen) atoms. The van der Waals surface area contributed by atoms with E-state index in [4.69, 9.17) is 0 Å². The fourth-order valence-electron chi connectivity index (χ4n) is 8.63. The average Bonchev–Trinajstić information content (AvgIpc) is 3.20. The lowest BCUT2D eigenvalue weighted by Gasteiger charge is -2.75. The molecule has 2 unspecified atom stereocenters. The van der Waals surface area contributed by atoms with Crippen LogP contribution >= 0.6 is 0 Å². The second kappa shape index (κ2) is 16.0. The SMILES string of the molecule is CC(C)C12CC(C(C)C)(C1)C2.CC(C)C1CC(C(C)C)C1.CC(C)C1CCC(C(C)C)C1.CC(C)C1CN(C(C)C)C1.